The highest BCUT2D eigenvalue weighted by Crippen LogP contribution is 2.48. The van der Waals surface area contributed by atoms with E-state index in [9.17, 15) is 5.11 Å². The van der Waals surface area contributed by atoms with Crippen molar-refractivity contribution in [2.75, 3.05) is 0 Å². The van der Waals surface area contributed by atoms with Gasteiger partial charge < -0.3 is 5.11 Å². The van der Waals surface area contributed by atoms with Crippen LogP contribution in [-0.4, -0.2) is 15.1 Å². The lowest BCUT2D eigenvalue weighted by molar-refractivity contribution is 0.125. The second kappa shape index (κ2) is 3.99. The van der Waals surface area contributed by atoms with Gasteiger partial charge in [0.05, 0.1) is 11.4 Å². The molecule has 4 rings (SSSR count). The summed E-state index contributed by atoms with van der Waals surface area (Å²) in [6.45, 7) is 0. The van der Waals surface area contributed by atoms with E-state index in [-0.39, 0.29) is 0 Å². The zero-order valence-corrected chi connectivity index (χ0v) is 10.7. The first-order valence-electron chi connectivity index (χ1n) is 6.51. The summed E-state index contributed by atoms with van der Waals surface area (Å²) in [6.07, 6.45) is 3.45. The van der Waals surface area contributed by atoms with Crippen molar-refractivity contribution < 1.29 is 5.11 Å². The van der Waals surface area contributed by atoms with Gasteiger partial charge in [0.15, 0.2) is 5.60 Å². The Labute approximate surface area is 116 Å². The molecule has 1 N–H and O–H groups in total. The Kier molecular flexibility index (Phi) is 2.26. The van der Waals surface area contributed by atoms with Crippen molar-refractivity contribution in [3.05, 3.63) is 83.8 Å². The number of benzene rings is 1. The summed E-state index contributed by atoms with van der Waals surface area (Å²) < 4.78 is 0. The molecule has 3 heteroatoms. The van der Waals surface area contributed by atoms with E-state index >= 15 is 0 Å². The Morgan fingerprint density at radius 1 is 0.750 bits per heavy atom. The maximum absolute atomic E-state index is 11.4. The smallest absolute Gasteiger partial charge is 0.160 e. The van der Waals surface area contributed by atoms with Crippen LogP contribution in [0.4, 0.5) is 0 Å². The third-order valence-electron chi connectivity index (χ3n) is 3.81. The van der Waals surface area contributed by atoms with Crippen LogP contribution in [0.15, 0.2) is 67.0 Å². The van der Waals surface area contributed by atoms with Crippen LogP contribution >= 0.6 is 0 Å². The largest absolute Gasteiger partial charge is 0.374 e. The van der Waals surface area contributed by atoms with Gasteiger partial charge in [-0.1, -0.05) is 36.4 Å². The van der Waals surface area contributed by atoms with Gasteiger partial charge in [0.1, 0.15) is 0 Å². The van der Waals surface area contributed by atoms with Gasteiger partial charge in [-0.15, -0.1) is 0 Å². The summed E-state index contributed by atoms with van der Waals surface area (Å²) >= 11 is 0. The summed E-state index contributed by atoms with van der Waals surface area (Å²) in [4.78, 5) is 8.79. The molecule has 0 fully saturated rings. The predicted octanol–water partition coefficient (Wildman–Crippen LogP) is 2.74. The topological polar surface area (TPSA) is 46.0 Å². The first-order valence-corrected chi connectivity index (χ1v) is 6.51. The molecule has 2 aromatic heterocycles. The lowest BCUT2D eigenvalue weighted by atomic mass is 9.88. The molecule has 0 spiro atoms. The highest BCUT2D eigenvalue weighted by atomic mass is 16.3. The molecular weight excluding hydrogens is 248 g/mol. The number of rotatable bonds is 1. The predicted molar refractivity (Wildman–Crippen MR) is 76.0 cm³/mol. The minimum absolute atomic E-state index is 0.624. The van der Waals surface area contributed by atoms with Crippen LogP contribution in [0.25, 0.3) is 11.3 Å². The average Bonchev–Trinajstić information content (AvgIpc) is 2.80. The number of nitrogens with zero attached hydrogens (tertiary/aromatic N) is 2. The quantitative estimate of drug-likeness (QED) is 0.731. The molecule has 0 bridgehead atoms. The monoisotopic (exact) mass is 260 g/mol. The molecule has 1 aliphatic carbocycles. The first-order chi connectivity index (χ1) is 9.82. The molecule has 1 aromatic carbocycles. The van der Waals surface area contributed by atoms with Crippen LogP contribution in [0.2, 0.25) is 0 Å². The van der Waals surface area contributed by atoms with Gasteiger partial charge in [0.2, 0.25) is 0 Å². The van der Waals surface area contributed by atoms with Gasteiger partial charge in [-0.3, -0.25) is 9.97 Å². The zero-order valence-electron chi connectivity index (χ0n) is 10.7. The summed E-state index contributed by atoms with van der Waals surface area (Å²) in [5.41, 5.74) is 2.83. The fraction of sp³-hybridized carbons (Fsp3) is 0.0588. The second-order valence-electron chi connectivity index (χ2n) is 4.87. The average molecular weight is 260 g/mol. The van der Waals surface area contributed by atoms with E-state index in [1.807, 2.05) is 54.6 Å². The Balaban J connectivity index is 2.10. The summed E-state index contributed by atoms with van der Waals surface area (Å²) in [6, 6.07) is 17.2. The number of aliphatic hydroxyl groups is 1. The highest BCUT2D eigenvalue weighted by Gasteiger charge is 2.44. The van der Waals surface area contributed by atoms with Crippen LogP contribution < -0.4 is 0 Å². The second-order valence-corrected chi connectivity index (χ2v) is 4.87. The van der Waals surface area contributed by atoms with E-state index in [4.69, 9.17) is 0 Å². The Morgan fingerprint density at radius 3 is 2.35 bits per heavy atom. The van der Waals surface area contributed by atoms with Crippen molar-refractivity contribution in [3.63, 3.8) is 0 Å². The molecule has 3 nitrogen and oxygen atoms in total. The molecule has 20 heavy (non-hydrogen) atoms. The van der Waals surface area contributed by atoms with Crippen molar-refractivity contribution in [3.8, 4) is 11.3 Å². The molecule has 2 heterocycles. The van der Waals surface area contributed by atoms with E-state index in [1.54, 1.807) is 12.4 Å². The van der Waals surface area contributed by atoms with Gasteiger partial charge in [-0.05, 0) is 18.2 Å². The summed E-state index contributed by atoms with van der Waals surface area (Å²) in [5, 5.41) is 11.4. The van der Waals surface area contributed by atoms with Crippen LogP contribution in [0.1, 0.15) is 16.8 Å². The van der Waals surface area contributed by atoms with Crippen molar-refractivity contribution in [2.45, 2.75) is 5.60 Å². The molecule has 1 unspecified atom stereocenters. The minimum atomic E-state index is -1.22. The van der Waals surface area contributed by atoms with Crippen LogP contribution in [0.3, 0.4) is 0 Å². The SMILES string of the molecule is OC1(c2ccccn2)c2ccccc2-c2ncccc21. The lowest BCUT2D eigenvalue weighted by Crippen LogP contribution is -2.27. The Hall–Kier alpha value is -2.52. The van der Waals surface area contributed by atoms with Gasteiger partial charge in [0.25, 0.3) is 0 Å². The van der Waals surface area contributed by atoms with Gasteiger partial charge in [-0.25, -0.2) is 0 Å². The molecule has 0 amide bonds. The lowest BCUT2D eigenvalue weighted by Gasteiger charge is -2.24. The number of aromatic nitrogens is 2. The summed E-state index contributed by atoms with van der Waals surface area (Å²) in [5.74, 6) is 0. The third kappa shape index (κ3) is 1.33. The molecular formula is C17H12N2O. The normalized spacial score (nSPS) is 19.4. The number of hydrogen-bond donors (Lipinski definition) is 1. The van der Waals surface area contributed by atoms with Gasteiger partial charge >= 0.3 is 0 Å². The number of hydrogen-bond acceptors (Lipinski definition) is 3. The van der Waals surface area contributed by atoms with Crippen molar-refractivity contribution in [1.82, 2.24) is 9.97 Å². The maximum Gasteiger partial charge on any atom is 0.160 e. The molecule has 3 aromatic rings. The van der Waals surface area contributed by atoms with Gasteiger partial charge in [-0.2, -0.15) is 0 Å². The molecule has 1 aliphatic rings. The van der Waals surface area contributed by atoms with E-state index in [2.05, 4.69) is 9.97 Å². The van der Waals surface area contributed by atoms with Crippen molar-refractivity contribution >= 4 is 0 Å². The Bertz CT molecular complexity index is 738. The van der Waals surface area contributed by atoms with Crippen molar-refractivity contribution in [1.29, 1.82) is 0 Å². The van der Waals surface area contributed by atoms with Crippen molar-refractivity contribution in [2.24, 2.45) is 0 Å². The molecule has 0 radical (unpaired) electrons. The molecule has 0 saturated heterocycles. The first kappa shape index (κ1) is 11.3. The highest BCUT2D eigenvalue weighted by molar-refractivity contribution is 5.78. The molecule has 0 saturated carbocycles. The van der Waals surface area contributed by atoms with Crippen LogP contribution in [-0.2, 0) is 5.60 Å². The fourth-order valence-electron chi connectivity index (χ4n) is 2.91. The number of pyridine rings is 2. The zero-order chi connectivity index (χ0) is 13.6. The van der Waals surface area contributed by atoms with E-state index in [0.29, 0.717) is 5.69 Å². The van der Waals surface area contributed by atoms with Crippen LogP contribution in [0, 0.1) is 0 Å². The molecule has 0 aliphatic heterocycles. The molecule has 96 valence electrons. The minimum Gasteiger partial charge on any atom is -0.374 e. The van der Waals surface area contributed by atoms with Crippen LogP contribution in [0.5, 0.6) is 0 Å². The molecule has 1 atom stereocenters. The fourth-order valence-corrected chi connectivity index (χ4v) is 2.91. The standard InChI is InChI=1S/C17H12N2O/c20-17(15-9-3-4-10-18-15)13-7-2-1-6-12(13)16-14(17)8-5-11-19-16/h1-11,20H. The van der Waals surface area contributed by atoms with E-state index in [1.165, 1.54) is 0 Å². The van der Waals surface area contributed by atoms with E-state index < -0.39 is 5.60 Å². The van der Waals surface area contributed by atoms with Gasteiger partial charge in [0, 0.05) is 29.1 Å². The van der Waals surface area contributed by atoms with E-state index in [0.717, 1.165) is 22.4 Å². The number of fused-ring (bicyclic) bond motifs is 3. The maximum atomic E-state index is 11.4. The Morgan fingerprint density at radius 2 is 1.50 bits per heavy atom. The summed E-state index contributed by atoms with van der Waals surface area (Å²) in [7, 11) is 0. The third-order valence-corrected chi connectivity index (χ3v) is 3.81.